The van der Waals surface area contributed by atoms with Crippen molar-refractivity contribution in [1.29, 1.82) is 0 Å². The van der Waals surface area contributed by atoms with Gasteiger partial charge >= 0.3 is 0 Å². The molecule has 6 aliphatic rings. The van der Waals surface area contributed by atoms with E-state index < -0.39 is 59.3 Å². The number of rotatable bonds is 35. The van der Waals surface area contributed by atoms with Crippen molar-refractivity contribution in [3.63, 3.8) is 0 Å². The Morgan fingerprint density at radius 2 is 0.878 bits per heavy atom. The maximum atomic E-state index is 13.0. The Balaban J connectivity index is 0.000000177. The number of benzene rings is 4. The Kier molecular flexibility index (Phi) is 29.4. The number of piperazine rings is 2. The highest BCUT2D eigenvalue weighted by molar-refractivity contribution is 6.24. The Morgan fingerprint density at radius 1 is 0.452 bits per heavy atom. The van der Waals surface area contributed by atoms with E-state index in [1.54, 1.807) is 12.1 Å². The summed E-state index contributed by atoms with van der Waals surface area (Å²) in [5.74, 6) is 0.0839. The Hall–Kier alpha value is -10.8. The van der Waals surface area contributed by atoms with E-state index in [-0.39, 0.29) is 73.4 Å². The molecule has 0 radical (unpaired) electrons. The molecule has 2 unspecified atom stereocenters. The van der Waals surface area contributed by atoms with Crippen molar-refractivity contribution in [2.45, 2.75) is 117 Å². The number of carbonyl (C=O) groups is 8. The third kappa shape index (κ3) is 21.8. The number of hydrogen-bond acceptors (Lipinski definition) is 26. The number of nitrogens with one attached hydrogen (secondary N) is 5. The van der Waals surface area contributed by atoms with E-state index in [2.05, 4.69) is 88.1 Å². The molecule has 0 spiro atoms. The predicted octanol–water partition coefficient (Wildman–Crippen LogP) is 7.59. The molecule has 4 saturated heterocycles. The highest BCUT2D eigenvalue weighted by Gasteiger charge is 2.46. The Morgan fingerprint density at radius 3 is 1.31 bits per heavy atom. The summed E-state index contributed by atoms with van der Waals surface area (Å²) in [6.45, 7) is 27.1. The first kappa shape index (κ1) is 83.6. The third-order valence-corrected chi connectivity index (χ3v) is 19.8. The van der Waals surface area contributed by atoms with Gasteiger partial charge in [-0.15, -0.1) is 0 Å². The summed E-state index contributed by atoms with van der Waals surface area (Å²) in [6, 6.07) is 28.3. The summed E-state index contributed by atoms with van der Waals surface area (Å²) >= 11 is 0. The summed E-state index contributed by atoms with van der Waals surface area (Å²) in [7, 11) is 0. The predicted molar refractivity (Wildman–Crippen MR) is 426 cm³/mol. The van der Waals surface area contributed by atoms with Crippen LogP contribution in [0, 0.1) is 0 Å². The number of pyridine rings is 2. The molecule has 32 heteroatoms. The molecule has 115 heavy (non-hydrogen) atoms. The average Bonchev–Trinajstić information content (AvgIpc) is 1.58. The summed E-state index contributed by atoms with van der Waals surface area (Å²) in [5, 5.41) is 25.3. The maximum absolute atomic E-state index is 13.0. The number of imide groups is 4. The van der Waals surface area contributed by atoms with Crippen molar-refractivity contribution in [3.8, 4) is 45.5 Å². The molecule has 5 N–H and O–H groups in total. The highest BCUT2D eigenvalue weighted by atomic mass is 16.6. The third-order valence-electron chi connectivity index (χ3n) is 19.8. The molecule has 10 heterocycles. The van der Waals surface area contributed by atoms with Gasteiger partial charge in [0.1, 0.15) is 71.3 Å². The fourth-order valence-electron chi connectivity index (χ4n) is 14.2. The normalized spacial score (nSPS) is 18.4. The van der Waals surface area contributed by atoms with Crippen LogP contribution in [0.4, 0.5) is 11.6 Å². The zero-order valence-electron chi connectivity index (χ0n) is 66.1. The fraction of sp³-hybridized carbons (Fsp3) is 0.470. The lowest BCUT2D eigenvalue weighted by molar-refractivity contribution is -0.137. The number of amides is 8. The van der Waals surface area contributed by atoms with Gasteiger partial charge in [-0.05, 0) is 158 Å². The summed E-state index contributed by atoms with van der Waals surface area (Å²) in [5.41, 5.74) is 6.60. The molecule has 612 valence electrons. The van der Waals surface area contributed by atoms with Crippen molar-refractivity contribution in [2.75, 3.05) is 148 Å². The van der Waals surface area contributed by atoms with Crippen LogP contribution < -0.4 is 44.7 Å². The van der Waals surface area contributed by atoms with Gasteiger partial charge < -0.3 is 62.5 Å². The number of nitrogens with zero attached hydrogens (tertiary/aromatic N) is 9. The van der Waals surface area contributed by atoms with E-state index >= 15 is 0 Å². The first-order valence-corrected chi connectivity index (χ1v) is 39.4. The standard InChI is InChI=1S/C41H49N7O9.C22H28N2O8.C20H25N5O/c1-26(2)57-30-5-7-34-33(24-30)38(45-44-34)28-10-11-42-36(22-28)47-13-12-46(27(3)25-47)14-15-53-16-17-54-18-19-55-20-21-56-29-4-6-31-32(23-29)41(52)48(40(31)51)35-8-9-37(49)43-39(35)50;1-2-7-29-8-9-30-10-11-31-12-13-32-15-3-4-16-17(14-15)22(28)24(21(16)27)18-5-6-19(25)23-20(18)26;1-13(2)26-16-4-5-18-17(11-16)20(24-23-18)15-6-7-22-19(10-15)25-9-8-21-14(3)12-25/h4-7,10-11,22-24,26-27,35H,8-9,12-21,25H2,1-3H3,(H,44,45)(H,43,49,50);3-4,14,18H,2,5-13H2,1H3,(H,23,25,26);4-7,10-11,13-14,21H,8-9,12H2,1-3H3,(H,23,24)/t27-,35?;;14-/m0.0/s1. The molecule has 8 aromatic rings. The van der Waals surface area contributed by atoms with Crippen LogP contribution in [0.25, 0.3) is 44.3 Å². The quantitative estimate of drug-likeness (QED) is 0.0188. The molecule has 6 aliphatic heterocycles. The van der Waals surface area contributed by atoms with Crippen LogP contribution in [-0.2, 0) is 47.6 Å². The molecule has 8 amide bonds. The smallest absolute Gasteiger partial charge is 0.262 e. The lowest BCUT2D eigenvalue weighted by atomic mass is 10.0. The minimum Gasteiger partial charge on any atom is -0.491 e. The van der Waals surface area contributed by atoms with Crippen molar-refractivity contribution < 1.29 is 85.7 Å². The van der Waals surface area contributed by atoms with E-state index in [1.165, 1.54) is 24.3 Å². The molecule has 32 nitrogen and oxygen atoms in total. The van der Waals surface area contributed by atoms with Gasteiger partial charge in [0.2, 0.25) is 23.6 Å². The fourth-order valence-corrected chi connectivity index (χ4v) is 14.2. The van der Waals surface area contributed by atoms with E-state index in [1.807, 2.05) is 89.5 Å². The number of hydrogen-bond donors (Lipinski definition) is 5. The summed E-state index contributed by atoms with van der Waals surface area (Å²) in [4.78, 5) is 117. The largest absolute Gasteiger partial charge is 0.491 e. The molecule has 4 atom stereocenters. The monoisotopic (exact) mass is 1580 g/mol. The molecule has 0 aliphatic carbocycles. The number of ether oxygens (including phenoxy) is 10. The van der Waals surface area contributed by atoms with Gasteiger partial charge in [-0.3, -0.25) is 73.9 Å². The number of carbonyl (C=O) groups excluding carboxylic acids is 8. The zero-order valence-corrected chi connectivity index (χ0v) is 66.1. The van der Waals surface area contributed by atoms with Crippen LogP contribution in [0.15, 0.2) is 109 Å². The van der Waals surface area contributed by atoms with E-state index in [9.17, 15) is 38.4 Å². The van der Waals surface area contributed by atoms with Gasteiger partial charge in [-0.2, -0.15) is 10.2 Å². The second kappa shape index (κ2) is 40.4. The van der Waals surface area contributed by atoms with E-state index in [0.29, 0.717) is 96.3 Å². The molecule has 4 aromatic carbocycles. The van der Waals surface area contributed by atoms with Gasteiger partial charge in [-0.1, -0.05) is 6.92 Å². The van der Waals surface area contributed by atoms with Crippen molar-refractivity contribution in [1.82, 2.24) is 61.0 Å². The number of H-pyrrole nitrogens is 2. The van der Waals surface area contributed by atoms with Crippen LogP contribution in [0.5, 0.6) is 23.0 Å². The zero-order chi connectivity index (χ0) is 80.9. The number of piperidine rings is 2. The van der Waals surface area contributed by atoms with Crippen molar-refractivity contribution in [2.24, 2.45) is 0 Å². The topological polar surface area (TPSA) is 364 Å². The van der Waals surface area contributed by atoms with Gasteiger partial charge in [0.25, 0.3) is 23.6 Å². The van der Waals surface area contributed by atoms with Gasteiger partial charge in [0, 0.05) is 112 Å². The van der Waals surface area contributed by atoms with Gasteiger partial charge in [-0.25, -0.2) is 9.97 Å². The average molecular weight is 1580 g/mol. The first-order valence-electron chi connectivity index (χ1n) is 39.4. The number of fused-ring (bicyclic) bond motifs is 4. The molecular weight excluding hydrogens is 1480 g/mol. The lowest BCUT2D eigenvalue weighted by Crippen LogP contribution is -2.54. The molecule has 4 fully saturated rings. The molecular formula is C83H102N14O18. The number of aromatic nitrogens is 6. The van der Waals surface area contributed by atoms with Gasteiger partial charge in [0.05, 0.1) is 118 Å². The van der Waals surface area contributed by atoms with Crippen LogP contribution in [0.1, 0.15) is 122 Å². The molecule has 14 rings (SSSR count). The number of aromatic amines is 2. The van der Waals surface area contributed by atoms with Crippen molar-refractivity contribution >= 4 is 80.7 Å². The minimum atomic E-state index is -1.01. The summed E-state index contributed by atoms with van der Waals surface area (Å²) < 4.78 is 56.3. The second-order valence-electron chi connectivity index (χ2n) is 29.0. The molecule has 4 aromatic heterocycles. The van der Waals surface area contributed by atoms with E-state index in [4.69, 9.17) is 52.4 Å². The van der Waals surface area contributed by atoms with Crippen LogP contribution in [-0.4, -0.2) is 267 Å². The van der Waals surface area contributed by atoms with Crippen LogP contribution >= 0.6 is 0 Å². The summed E-state index contributed by atoms with van der Waals surface area (Å²) in [6.07, 6.45) is 5.30. The van der Waals surface area contributed by atoms with Crippen LogP contribution in [0.3, 0.4) is 0 Å². The lowest BCUT2D eigenvalue weighted by Gasteiger charge is -2.40. The minimum absolute atomic E-state index is 0.0651. The SMILES string of the molecule is CC(C)Oc1ccc2[nH]nc(-c3ccnc(N4CCN(CCOCCOCCOCCOc5ccc6c(c5)C(=O)N(C5CCC(=O)NC5=O)C6=O)[C@@H](C)C4)c3)c2c1.CC(C)Oc1ccc2[nH]nc(-c3ccnc(N4CCN[C@@H](C)C4)c3)c2c1.CCCOCCOCCOCCOc1ccc2c(c1)C(=O)N(C1CCC(=O)NC1=O)C2=O. The van der Waals surface area contributed by atoms with Gasteiger partial charge in [0.15, 0.2) is 0 Å². The molecule has 0 bridgehead atoms. The van der Waals surface area contributed by atoms with E-state index in [0.717, 1.165) is 136 Å². The Bertz CT molecular complexity index is 4720. The first-order chi connectivity index (χ1) is 55.8. The molecule has 0 saturated carbocycles. The number of anilines is 2. The van der Waals surface area contributed by atoms with Crippen LogP contribution in [0.2, 0.25) is 0 Å². The Labute approximate surface area is 666 Å². The van der Waals surface area contributed by atoms with Crippen molar-refractivity contribution in [3.05, 3.63) is 132 Å². The second-order valence-corrected chi connectivity index (χ2v) is 29.0. The highest BCUT2D eigenvalue weighted by Crippen LogP contribution is 2.36. The maximum Gasteiger partial charge on any atom is 0.262 e.